The molecule has 0 saturated carbocycles. The minimum Gasteiger partial charge on any atom is -0.307 e. The smallest absolute Gasteiger partial charge is 0.105 e. The maximum absolute atomic E-state index is 5.91. The van der Waals surface area contributed by atoms with E-state index < -0.39 is 11.3 Å². The van der Waals surface area contributed by atoms with Crippen molar-refractivity contribution in [2.24, 2.45) is 22.9 Å². The van der Waals surface area contributed by atoms with Gasteiger partial charge in [0.2, 0.25) is 0 Å². The third kappa shape index (κ3) is 2.23. The van der Waals surface area contributed by atoms with Gasteiger partial charge in [0, 0.05) is 0 Å². The van der Waals surface area contributed by atoms with Crippen molar-refractivity contribution in [2.45, 2.75) is 25.2 Å². The van der Waals surface area contributed by atoms with E-state index in [1.165, 1.54) is 0 Å². The first-order valence-corrected chi connectivity index (χ1v) is 5.88. The molecule has 0 bridgehead atoms. The van der Waals surface area contributed by atoms with Gasteiger partial charge in [-0.25, -0.2) is 0 Å². The fraction of sp³-hybridized carbons (Fsp3) is 0.286. The second-order valence-electron chi connectivity index (χ2n) is 5.10. The molecule has 0 aromatic rings. The molecule has 0 spiro atoms. The second kappa shape index (κ2) is 4.03. The third-order valence-corrected chi connectivity index (χ3v) is 3.52. The molecule has 18 heavy (non-hydrogen) atoms. The highest BCUT2D eigenvalue weighted by molar-refractivity contribution is 5.56. The second-order valence-corrected chi connectivity index (χ2v) is 5.10. The minimum absolute atomic E-state index is 0.854. The molecule has 4 nitrogen and oxygen atoms in total. The molecule has 0 radical (unpaired) electrons. The molecule has 0 saturated heterocycles. The summed E-state index contributed by atoms with van der Waals surface area (Å²) in [7, 11) is 0. The maximum atomic E-state index is 5.91. The lowest BCUT2D eigenvalue weighted by molar-refractivity contribution is 0.639. The van der Waals surface area contributed by atoms with Gasteiger partial charge in [0.05, 0.1) is 0 Å². The lowest BCUT2D eigenvalue weighted by atomic mass is 9.87. The van der Waals surface area contributed by atoms with Crippen molar-refractivity contribution in [3.63, 3.8) is 0 Å². The molecule has 0 aliphatic heterocycles. The van der Waals surface area contributed by atoms with Crippen LogP contribution in [0.5, 0.6) is 0 Å². The zero-order chi connectivity index (χ0) is 13.6. The van der Waals surface area contributed by atoms with E-state index in [1.807, 2.05) is 38.2 Å². The topological polar surface area (TPSA) is 104 Å². The number of hydrogen-bond acceptors (Lipinski definition) is 4. The third-order valence-electron chi connectivity index (χ3n) is 3.52. The Bertz CT molecular complexity index is 480. The van der Waals surface area contributed by atoms with Gasteiger partial charge in [-0.3, -0.25) is 0 Å². The van der Waals surface area contributed by atoms with Crippen molar-refractivity contribution in [3.8, 4) is 0 Å². The Morgan fingerprint density at radius 2 is 1.06 bits per heavy atom. The van der Waals surface area contributed by atoms with Crippen LogP contribution in [0.15, 0.2) is 58.7 Å². The maximum Gasteiger partial charge on any atom is 0.105 e. The van der Waals surface area contributed by atoms with Gasteiger partial charge in [-0.15, -0.1) is 0 Å². The molecule has 0 heterocycles. The highest BCUT2D eigenvalue weighted by Crippen LogP contribution is 2.27. The summed E-state index contributed by atoms with van der Waals surface area (Å²) in [5, 5.41) is 0. The summed E-state index contributed by atoms with van der Waals surface area (Å²) < 4.78 is 0. The molecule has 2 rings (SSSR count). The summed E-state index contributed by atoms with van der Waals surface area (Å²) in [5.41, 5.74) is 25.9. The number of nitrogens with two attached hydrogens (primary N) is 4. The number of hydrogen-bond donors (Lipinski definition) is 4. The molecular formula is C14H20N4. The van der Waals surface area contributed by atoms with Crippen molar-refractivity contribution in [2.75, 3.05) is 0 Å². The SMILES string of the molecule is CC1=CC(=C2C=CC(N)(N)C(C)=C2)C=CC1(N)N. The summed E-state index contributed by atoms with van der Waals surface area (Å²) >= 11 is 0. The van der Waals surface area contributed by atoms with E-state index in [4.69, 9.17) is 22.9 Å². The summed E-state index contributed by atoms with van der Waals surface area (Å²) in [6.45, 7) is 3.84. The standard InChI is InChI=1S/C14H20N4/c1-9-7-11(3-5-13(9,15)16)12-4-6-14(17,18)10(2)8-12/h3-8H,15-18H2,1-2H3. The Labute approximate surface area is 107 Å². The lowest BCUT2D eigenvalue weighted by Crippen LogP contribution is -2.49. The van der Waals surface area contributed by atoms with Crippen LogP contribution in [0.1, 0.15) is 13.8 Å². The first-order chi connectivity index (χ1) is 8.22. The fourth-order valence-corrected chi connectivity index (χ4v) is 1.89. The highest BCUT2D eigenvalue weighted by atomic mass is 15.0. The Morgan fingerprint density at radius 1 is 0.722 bits per heavy atom. The molecule has 8 N–H and O–H groups in total. The molecular weight excluding hydrogens is 224 g/mol. The molecule has 0 fully saturated rings. The minimum atomic E-state index is -0.854. The molecule has 0 aromatic carbocycles. The van der Waals surface area contributed by atoms with Crippen LogP contribution < -0.4 is 22.9 Å². The van der Waals surface area contributed by atoms with Gasteiger partial charge in [-0.2, -0.15) is 0 Å². The zero-order valence-electron chi connectivity index (χ0n) is 10.8. The van der Waals surface area contributed by atoms with Crippen molar-refractivity contribution in [3.05, 3.63) is 58.7 Å². The first-order valence-electron chi connectivity index (χ1n) is 5.88. The molecule has 0 atom stereocenters. The van der Waals surface area contributed by atoms with E-state index in [9.17, 15) is 0 Å². The normalized spacial score (nSPS) is 29.0. The molecule has 0 aromatic heterocycles. The van der Waals surface area contributed by atoms with Gasteiger partial charge in [0.15, 0.2) is 0 Å². The van der Waals surface area contributed by atoms with Crippen molar-refractivity contribution < 1.29 is 0 Å². The Morgan fingerprint density at radius 3 is 1.33 bits per heavy atom. The van der Waals surface area contributed by atoms with Gasteiger partial charge in [-0.1, -0.05) is 24.3 Å². The quantitative estimate of drug-likeness (QED) is 0.467. The first kappa shape index (κ1) is 13.0. The van der Waals surface area contributed by atoms with Crippen LogP contribution in [-0.2, 0) is 0 Å². The summed E-state index contributed by atoms with van der Waals surface area (Å²) in [6.07, 6.45) is 11.4. The lowest BCUT2D eigenvalue weighted by Gasteiger charge is -2.28. The summed E-state index contributed by atoms with van der Waals surface area (Å²) in [4.78, 5) is 0. The molecule has 2 aliphatic carbocycles. The average molecular weight is 244 g/mol. The van der Waals surface area contributed by atoms with Crippen molar-refractivity contribution in [1.29, 1.82) is 0 Å². The molecule has 96 valence electrons. The van der Waals surface area contributed by atoms with E-state index in [-0.39, 0.29) is 0 Å². The Balaban J connectivity index is 2.43. The van der Waals surface area contributed by atoms with Crippen molar-refractivity contribution >= 4 is 0 Å². The van der Waals surface area contributed by atoms with E-state index in [2.05, 4.69) is 0 Å². The molecule has 2 aliphatic rings. The van der Waals surface area contributed by atoms with E-state index in [1.54, 1.807) is 12.2 Å². The van der Waals surface area contributed by atoms with E-state index in [0.717, 1.165) is 22.3 Å². The van der Waals surface area contributed by atoms with E-state index >= 15 is 0 Å². The molecule has 4 heteroatoms. The average Bonchev–Trinajstić information content (AvgIpc) is 2.26. The van der Waals surface area contributed by atoms with Crippen molar-refractivity contribution in [1.82, 2.24) is 0 Å². The van der Waals surface area contributed by atoms with Gasteiger partial charge >= 0.3 is 0 Å². The number of rotatable bonds is 0. The Hall–Kier alpha value is -1.46. The van der Waals surface area contributed by atoms with Crippen LogP contribution in [0.4, 0.5) is 0 Å². The largest absolute Gasteiger partial charge is 0.307 e. The zero-order valence-corrected chi connectivity index (χ0v) is 10.8. The van der Waals surface area contributed by atoms with Gasteiger partial charge in [0.1, 0.15) is 11.3 Å². The predicted octanol–water partition coefficient (Wildman–Crippen LogP) is 0.543. The van der Waals surface area contributed by atoms with Crippen LogP contribution in [0.2, 0.25) is 0 Å². The monoisotopic (exact) mass is 244 g/mol. The molecule has 0 amide bonds. The Kier molecular flexibility index (Phi) is 2.91. The van der Waals surface area contributed by atoms with Crippen LogP contribution in [0.25, 0.3) is 0 Å². The van der Waals surface area contributed by atoms with Crippen LogP contribution in [0, 0.1) is 0 Å². The fourth-order valence-electron chi connectivity index (χ4n) is 1.89. The van der Waals surface area contributed by atoms with Gasteiger partial charge in [0.25, 0.3) is 0 Å². The van der Waals surface area contributed by atoms with Gasteiger partial charge in [-0.05, 0) is 48.3 Å². The van der Waals surface area contributed by atoms with Crippen LogP contribution >= 0.6 is 0 Å². The van der Waals surface area contributed by atoms with Crippen LogP contribution in [-0.4, -0.2) is 11.3 Å². The van der Waals surface area contributed by atoms with Gasteiger partial charge < -0.3 is 22.9 Å². The van der Waals surface area contributed by atoms with E-state index in [0.29, 0.717) is 0 Å². The van der Waals surface area contributed by atoms with Crippen LogP contribution in [0.3, 0.4) is 0 Å². The summed E-state index contributed by atoms with van der Waals surface area (Å²) in [5.74, 6) is 0. The highest BCUT2D eigenvalue weighted by Gasteiger charge is 2.24. The predicted molar refractivity (Wildman–Crippen MR) is 75.0 cm³/mol. The summed E-state index contributed by atoms with van der Waals surface area (Å²) in [6, 6.07) is 0. The number of allylic oxidation sites excluding steroid dienone is 6. The molecule has 0 unspecified atom stereocenters.